The van der Waals surface area contributed by atoms with Crippen LogP contribution in [0.1, 0.15) is 74.1 Å². The molecular weight excluding hydrogens is 326 g/mol. The molecule has 1 fully saturated rings. The van der Waals surface area contributed by atoms with E-state index in [1.807, 2.05) is 19.2 Å². The molecule has 2 amide bonds. The van der Waals surface area contributed by atoms with Crippen LogP contribution in [-0.2, 0) is 0 Å². The second kappa shape index (κ2) is 7.74. The number of hydrogen-bond acceptors (Lipinski definition) is 6. The molecule has 7 nitrogen and oxygen atoms in total. The zero-order valence-electron chi connectivity index (χ0n) is 14.0. The molecule has 2 heterocycles. The van der Waals surface area contributed by atoms with Crippen molar-refractivity contribution >= 4 is 17.4 Å². The van der Waals surface area contributed by atoms with Crippen LogP contribution in [0.15, 0.2) is 16.1 Å². The van der Waals surface area contributed by atoms with Crippen LogP contribution in [0.25, 0.3) is 0 Å². The maximum absolute atomic E-state index is 12.0. The molecule has 2 aromatic rings. The first-order valence-corrected chi connectivity index (χ1v) is 9.28. The summed E-state index contributed by atoms with van der Waals surface area (Å²) in [7, 11) is 0. The van der Waals surface area contributed by atoms with Crippen molar-refractivity contribution in [2.45, 2.75) is 57.4 Å². The number of carbonyl (C=O) groups is 1. The molecule has 0 aromatic carbocycles. The number of nitrogens with one attached hydrogen (secondary N) is 2. The summed E-state index contributed by atoms with van der Waals surface area (Å²) in [4.78, 5) is 20.7. The second-order valence-corrected chi connectivity index (χ2v) is 7.25. The molecule has 2 aromatic heterocycles. The van der Waals surface area contributed by atoms with E-state index in [1.54, 1.807) is 17.5 Å². The first-order valence-electron chi connectivity index (χ1n) is 8.40. The summed E-state index contributed by atoms with van der Waals surface area (Å²) in [5, 5.41) is 12.7. The molecular formula is C16H23N5O2S. The third-order valence-corrected chi connectivity index (χ3v) is 5.34. The zero-order valence-corrected chi connectivity index (χ0v) is 14.8. The third-order valence-electron chi connectivity index (χ3n) is 4.34. The van der Waals surface area contributed by atoms with E-state index in [1.165, 1.54) is 12.8 Å². The Bertz CT molecular complexity index is 651. The van der Waals surface area contributed by atoms with Crippen molar-refractivity contribution < 1.29 is 9.32 Å². The Morgan fingerprint density at radius 2 is 2.21 bits per heavy atom. The Kier molecular flexibility index (Phi) is 5.44. The first-order chi connectivity index (χ1) is 11.6. The molecule has 1 aliphatic rings. The van der Waals surface area contributed by atoms with E-state index >= 15 is 0 Å². The molecule has 130 valence electrons. The van der Waals surface area contributed by atoms with E-state index in [0.717, 1.165) is 23.7 Å². The maximum Gasteiger partial charge on any atom is 0.315 e. The van der Waals surface area contributed by atoms with Gasteiger partial charge in [0.2, 0.25) is 5.89 Å². The van der Waals surface area contributed by atoms with Gasteiger partial charge in [-0.1, -0.05) is 24.9 Å². The number of aromatic nitrogens is 3. The Hall–Kier alpha value is -1.96. The molecule has 0 aliphatic heterocycles. The van der Waals surface area contributed by atoms with E-state index in [4.69, 9.17) is 4.52 Å². The summed E-state index contributed by atoms with van der Waals surface area (Å²) in [5.41, 5.74) is 0. The van der Waals surface area contributed by atoms with Crippen molar-refractivity contribution in [2.24, 2.45) is 0 Å². The lowest BCUT2D eigenvalue weighted by molar-refractivity contribution is 0.233. The van der Waals surface area contributed by atoms with Crippen LogP contribution < -0.4 is 10.6 Å². The molecule has 0 unspecified atom stereocenters. The van der Waals surface area contributed by atoms with Gasteiger partial charge in [0.15, 0.2) is 5.82 Å². The number of nitrogens with zero attached hydrogens (tertiary/aromatic N) is 3. The van der Waals surface area contributed by atoms with Crippen molar-refractivity contribution in [1.82, 2.24) is 25.8 Å². The van der Waals surface area contributed by atoms with Crippen LogP contribution in [0.5, 0.6) is 0 Å². The lowest BCUT2D eigenvalue weighted by atomic mass is 10.1. The third kappa shape index (κ3) is 4.11. The highest BCUT2D eigenvalue weighted by molar-refractivity contribution is 7.09. The minimum atomic E-state index is -0.317. The second-order valence-electron chi connectivity index (χ2n) is 6.32. The van der Waals surface area contributed by atoms with Crippen LogP contribution in [-0.4, -0.2) is 27.7 Å². The largest absolute Gasteiger partial charge is 0.337 e. The molecule has 0 bridgehead atoms. The molecule has 0 radical (unpaired) electrons. The molecule has 2 atom stereocenters. The highest BCUT2D eigenvalue weighted by Crippen LogP contribution is 2.32. The van der Waals surface area contributed by atoms with E-state index in [0.29, 0.717) is 18.4 Å². The zero-order chi connectivity index (χ0) is 16.9. The van der Waals surface area contributed by atoms with Gasteiger partial charge >= 0.3 is 6.03 Å². The Balaban J connectivity index is 1.47. The van der Waals surface area contributed by atoms with Gasteiger partial charge in [0.05, 0.1) is 5.01 Å². The van der Waals surface area contributed by atoms with E-state index in [-0.39, 0.29) is 18.0 Å². The minimum absolute atomic E-state index is 0.184. The van der Waals surface area contributed by atoms with Crippen molar-refractivity contribution in [3.63, 3.8) is 0 Å². The number of carbonyl (C=O) groups excluding carboxylic acids is 1. The Morgan fingerprint density at radius 1 is 1.42 bits per heavy atom. The highest BCUT2D eigenvalue weighted by Gasteiger charge is 2.24. The predicted molar refractivity (Wildman–Crippen MR) is 91.0 cm³/mol. The van der Waals surface area contributed by atoms with Crippen LogP contribution >= 0.6 is 11.3 Å². The van der Waals surface area contributed by atoms with Gasteiger partial charge in [0.25, 0.3) is 0 Å². The smallest absolute Gasteiger partial charge is 0.315 e. The lowest BCUT2D eigenvalue weighted by Crippen LogP contribution is -2.38. The van der Waals surface area contributed by atoms with Crippen molar-refractivity contribution in [3.05, 3.63) is 28.3 Å². The van der Waals surface area contributed by atoms with E-state index in [2.05, 4.69) is 25.8 Å². The van der Waals surface area contributed by atoms with Gasteiger partial charge in [-0.2, -0.15) is 4.98 Å². The standard InChI is InChI=1S/C16H23N5O2S/c1-10(15-17-7-8-24-15)9-18-16(22)19-11(2)14-20-13(21-23-14)12-5-3-4-6-12/h7-8,10-12H,3-6,9H2,1-2H3,(H2,18,19,22)/t10-,11-/m0/s1. The summed E-state index contributed by atoms with van der Waals surface area (Å²) in [6, 6.07) is -0.561. The lowest BCUT2D eigenvalue weighted by Gasteiger charge is -2.13. The average Bonchev–Trinajstić information content (AvgIpc) is 3.34. The van der Waals surface area contributed by atoms with Gasteiger partial charge in [0.1, 0.15) is 6.04 Å². The number of urea groups is 1. The normalized spacial score (nSPS) is 17.6. The van der Waals surface area contributed by atoms with Crippen LogP contribution in [0, 0.1) is 0 Å². The summed E-state index contributed by atoms with van der Waals surface area (Å²) in [6.07, 6.45) is 6.46. The summed E-state index contributed by atoms with van der Waals surface area (Å²) < 4.78 is 5.31. The van der Waals surface area contributed by atoms with Gasteiger partial charge in [-0.25, -0.2) is 9.78 Å². The SMILES string of the molecule is C[C@H](NC(=O)NC[C@H](C)c1nccs1)c1nc(C2CCCC2)no1. The van der Waals surface area contributed by atoms with E-state index < -0.39 is 0 Å². The van der Waals surface area contributed by atoms with Crippen LogP contribution in [0.4, 0.5) is 4.79 Å². The molecule has 8 heteroatoms. The fourth-order valence-corrected chi connectivity index (χ4v) is 3.59. The monoisotopic (exact) mass is 349 g/mol. The predicted octanol–water partition coefficient (Wildman–Crippen LogP) is 3.35. The summed E-state index contributed by atoms with van der Waals surface area (Å²) in [5.74, 6) is 1.82. The van der Waals surface area contributed by atoms with Crippen LogP contribution in [0.2, 0.25) is 0 Å². The van der Waals surface area contributed by atoms with Crippen molar-refractivity contribution in [3.8, 4) is 0 Å². The summed E-state index contributed by atoms with van der Waals surface area (Å²) in [6.45, 7) is 4.41. The number of thiazole rings is 1. The number of rotatable bonds is 6. The highest BCUT2D eigenvalue weighted by atomic mass is 32.1. The van der Waals surface area contributed by atoms with Gasteiger partial charge in [-0.05, 0) is 19.8 Å². The molecule has 0 spiro atoms. The van der Waals surface area contributed by atoms with Crippen molar-refractivity contribution in [2.75, 3.05) is 6.54 Å². The molecule has 3 rings (SSSR count). The number of amides is 2. The summed E-state index contributed by atoms with van der Waals surface area (Å²) >= 11 is 1.59. The fourth-order valence-electron chi connectivity index (χ4n) is 2.89. The molecule has 0 saturated heterocycles. The van der Waals surface area contributed by atoms with Gasteiger partial charge in [0, 0.05) is 30.0 Å². The minimum Gasteiger partial charge on any atom is -0.337 e. The Labute approximate surface area is 145 Å². The van der Waals surface area contributed by atoms with Gasteiger partial charge in [-0.15, -0.1) is 11.3 Å². The molecule has 1 aliphatic carbocycles. The van der Waals surface area contributed by atoms with Crippen LogP contribution in [0.3, 0.4) is 0 Å². The van der Waals surface area contributed by atoms with Gasteiger partial charge < -0.3 is 15.2 Å². The van der Waals surface area contributed by atoms with Crippen molar-refractivity contribution in [1.29, 1.82) is 0 Å². The Morgan fingerprint density at radius 3 is 2.92 bits per heavy atom. The topological polar surface area (TPSA) is 92.9 Å². The maximum atomic E-state index is 12.0. The first kappa shape index (κ1) is 16.9. The number of hydrogen-bond donors (Lipinski definition) is 2. The quantitative estimate of drug-likeness (QED) is 0.834. The van der Waals surface area contributed by atoms with E-state index in [9.17, 15) is 4.79 Å². The average molecular weight is 349 g/mol. The molecule has 24 heavy (non-hydrogen) atoms. The molecule has 2 N–H and O–H groups in total. The fraction of sp³-hybridized carbons (Fsp3) is 0.625. The molecule has 1 saturated carbocycles. The van der Waals surface area contributed by atoms with Gasteiger partial charge in [-0.3, -0.25) is 0 Å².